The van der Waals surface area contributed by atoms with E-state index >= 15 is 0 Å². The molecule has 2 aromatic carbocycles. The normalized spacial score (nSPS) is 19.1. The van der Waals surface area contributed by atoms with Crippen molar-refractivity contribution in [3.63, 3.8) is 0 Å². The molecule has 7 heteroatoms. The molecule has 2 aromatic rings. The van der Waals surface area contributed by atoms with Crippen LogP contribution in [0.15, 0.2) is 60.6 Å². The Bertz CT molecular complexity index is 895. The van der Waals surface area contributed by atoms with Crippen LogP contribution in [0.3, 0.4) is 0 Å². The highest BCUT2D eigenvalue weighted by atomic mass is 32.2. The molecular formula is C23H25NO5S. The number of carbonyl (C=O) groups is 1. The van der Waals surface area contributed by atoms with Crippen molar-refractivity contribution >= 4 is 17.7 Å². The first kappa shape index (κ1) is 20.5. The predicted octanol–water partition coefficient (Wildman–Crippen LogP) is 3.98. The predicted molar refractivity (Wildman–Crippen MR) is 115 cm³/mol. The average molecular weight is 428 g/mol. The zero-order valence-corrected chi connectivity index (χ0v) is 17.9. The molecule has 0 bridgehead atoms. The Morgan fingerprint density at radius 3 is 2.47 bits per heavy atom. The summed E-state index contributed by atoms with van der Waals surface area (Å²) in [5, 5.41) is -0.190. The van der Waals surface area contributed by atoms with E-state index in [1.165, 1.54) is 5.56 Å². The third kappa shape index (κ3) is 4.21. The number of methoxy groups -OCH3 is 2. The van der Waals surface area contributed by atoms with Crippen LogP contribution < -0.4 is 9.47 Å². The van der Waals surface area contributed by atoms with Crippen molar-refractivity contribution in [1.82, 2.24) is 4.90 Å². The van der Waals surface area contributed by atoms with Gasteiger partial charge in [0.25, 0.3) is 0 Å². The van der Waals surface area contributed by atoms with Gasteiger partial charge in [-0.1, -0.05) is 36.4 Å². The Labute approximate surface area is 180 Å². The van der Waals surface area contributed by atoms with Crippen LogP contribution in [0.4, 0.5) is 0 Å². The molecule has 1 fully saturated rings. The molecule has 158 valence electrons. The standard InChI is InChI=1S/C23H25NO5S/c1-26-18-9-6-10-19(27-2)22(18)23-24(21(25)14-30-23)12-17(20-13-28-15-29-20)11-16-7-4-3-5-8-16/h3-10,13,17,23H,11-12,14-15H2,1-2H3. The maximum absolute atomic E-state index is 12.9. The van der Waals surface area contributed by atoms with Gasteiger partial charge in [-0.15, -0.1) is 11.8 Å². The molecule has 2 aliphatic heterocycles. The molecule has 0 aromatic heterocycles. The SMILES string of the molecule is COc1cccc(OC)c1C1SCC(=O)N1CC(Cc1ccccc1)C1=COCO1. The van der Waals surface area contributed by atoms with E-state index < -0.39 is 0 Å². The second kappa shape index (κ2) is 9.34. The van der Waals surface area contributed by atoms with Crippen LogP contribution in [0, 0.1) is 5.92 Å². The van der Waals surface area contributed by atoms with E-state index in [1.54, 1.807) is 32.2 Å². The van der Waals surface area contributed by atoms with Crippen LogP contribution in [0.25, 0.3) is 0 Å². The topological polar surface area (TPSA) is 57.2 Å². The highest BCUT2D eigenvalue weighted by Gasteiger charge is 2.38. The molecule has 2 heterocycles. The number of amides is 1. The molecule has 0 aliphatic carbocycles. The van der Waals surface area contributed by atoms with Gasteiger partial charge in [-0.05, 0) is 24.1 Å². The molecule has 4 rings (SSSR count). The smallest absolute Gasteiger partial charge is 0.233 e. The van der Waals surface area contributed by atoms with E-state index in [9.17, 15) is 4.79 Å². The van der Waals surface area contributed by atoms with E-state index in [4.69, 9.17) is 18.9 Å². The average Bonchev–Trinajstić information content (AvgIpc) is 3.44. The van der Waals surface area contributed by atoms with E-state index in [-0.39, 0.29) is 24.0 Å². The molecule has 1 amide bonds. The number of carbonyl (C=O) groups excluding carboxylic acids is 1. The van der Waals surface area contributed by atoms with Gasteiger partial charge in [-0.2, -0.15) is 0 Å². The second-order valence-corrected chi connectivity index (χ2v) is 8.19. The van der Waals surface area contributed by atoms with Crippen LogP contribution in [0.2, 0.25) is 0 Å². The minimum Gasteiger partial charge on any atom is -0.496 e. The summed E-state index contributed by atoms with van der Waals surface area (Å²) in [4.78, 5) is 14.8. The highest BCUT2D eigenvalue weighted by Crippen LogP contribution is 2.47. The summed E-state index contributed by atoms with van der Waals surface area (Å²) in [6, 6.07) is 15.9. The van der Waals surface area contributed by atoms with Gasteiger partial charge in [0, 0.05) is 12.5 Å². The lowest BCUT2D eigenvalue weighted by atomic mass is 9.96. The first-order valence-electron chi connectivity index (χ1n) is 9.81. The Kier molecular flexibility index (Phi) is 6.38. The lowest BCUT2D eigenvalue weighted by molar-refractivity contribution is -0.128. The van der Waals surface area contributed by atoms with Crippen LogP contribution in [-0.4, -0.2) is 44.1 Å². The van der Waals surface area contributed by atoms with Crippen molar-refractivity contribution in [2.24, 2.45) is 5.92 Å². The largest absolute Gasteiger partial charge is 0.496 e. The molecule has 30 heavy (non-hydrogen) atoms. The van der Waals surface area contributed by atoms with Gasteiger partial charge in [0.15, 0.2) is 0 Å². The van der Waals surface area contributed by atoms with Crippen molar-refractivity contribution < 1.29 is 23.7 Å². The Hall–Kier alpha value is -2.80. The van der Waals surface area contributed by atoms with Crippen LogP contribution in [0.5, 0.6) is 11.5 Å². The van der Waals surface area contributed by atoms with E-state index in [0.717, 1.165) is 17.7 Å². The number of rotatable bonds is 8. The van der Waals surface area contributed by atoms with Crippen molar-refractivity contribution in [1.29, 1.82) is 0 Å². The molecule has 6 nitrogen and oxygen atoms in total. The van der Waals surface area contributed by atoms with Crippen LogP contribution in [0.1, 0.15) is 16.5 Å². The van der Waals surface area contributed by atoms with Crippen molar-refractivity contribution in [2.45, 2.75) is 11.8 Å². The fourth-order valence-electron chi connectivity index (χ4n) is 3.87. The lowest BCUT2D eigenvalue weighted by Crippen LogP contribution is -2.35. The number of benzene rings is 2. The maximum Gasteiger partial charge on any atom is 0.233 e. The molecular weight excluding hydrogens is 402 g/mol. The Balaban J connectivity index is 1.64. The minimum atomic E-state index is -0.190. The molecule has 2 aliphatic rings. The summed E-state index contributed by atoms with van der Waals surface area (Å²) in [6.45, 7) is 0.731. The fourth-order valence-corrected chi connectivity index (χ4v) is 5.12. The van der Waals surface area contributed by atoms with Gasteiger partial charge < -0.3 is 23.8 Å². The number of ether oxygens (including phenoxy) is 4. The molecule has 0 radical (unpaired) electrons. The van der Waals surface area contributed by atoms with E-state index in [0.29, 0.717) is 23.8 Å². The summed E-state index contributed by atoms with van der Waals surface area (Å²) in [7, 11) is 3.27. The van der Waals surface area contributed by atoms with E-state index in [1.807, 2.05) is 41.3 Å². The van der Waals surface area contributed by atoms with Gasteiger partial charge in [-0.25, -0.2) is 0 Å². The zero-order chi connectivity index (χ0) is 20.9. The quantitative estimate of drug-likeness (QED) is 0.635. The van der Waals surface area contributed by atoms with Crippen molar-refractivity contribution in [2.75, 3.05) is 33.3 Å². The molecule has 1 saturated heterocycles. The van der Waals surface area contributed by atoms with Crippen LogP contribution >= 0.6 is 11.8 Å². The Morgan fingerprint density at radius 1 is 1.10 bits per heavy atom. The third-order valence-electron chi connectivity index (χ3n) is 5.32. The summed E-state index contributed by atoms with van der Waals surface area (Å²) in [5.41, 5.74) is 2.07. The Morgan fingerprint density at radius 2 is 1.83 bits per heavy atom. The van der Waals surface area contributed by atoms with Gasteiger partial charge in [0.1, 0.15) is 28.9 Å². The van der Waals surface area contributed by atoms with Gasteiger partial charge >= 0.3 is 0 Å². The first-order valence-corrected chi connectivity index (χ1v) is 10.9. The molecule has 0 N–H and O–H groups in total. The maximum atomic E-state index is 12.9. The fraction of sp³-hybridized carbons (Fsp3) is 0.348. The van der Waals surface area contributed by atoms with Gasteiger partial charge in [0.2, 0.25) is 12.7 Å². The van der Waals surface area contributed by atoms with Crippen molar-refractivity contribution in [3.05, 3.63) is 71.7 Å². The number of hydrogen-bond acceptors (Lipinski definition) is 6. The summed E-state index contributed by atoms with van der Waals surface area (Å²) in [5.74, 6) is 2.70. The van der Waals surface area contributed by atoms with Gasteiger partial charge in [0.05, 0.1) is 25.5 Å². The number of hydrogen-bond donors (Lipinski definition) is 0. The summed E-state index contributed by atoms with van der Waals surface area (Å²) >= 11 is 1.59. The molecule has 2 unspecified atom stereocenters. The van der Waals surface area contributed by atoms with Crippen LogP contribution in [-0.2, 0) is 20.7 Å². The zero-order valence-electron chi connectivity index (χ0n) is 17.1. The molecule has 0 saturated carbocycles. The van der Waals surface area contributed by atoms with E-state index in [2.05, 4.69) is 12.1 Å². The molecule has 0 spiro atoms. The summed E-state index contributed by atoms with van der Waals surface area (Å²) in [6.07, 6.45) is 2.42. The lowest BCUT2D eigenvalue weighted by Gasteiger charge is -2.30. The number of thioether (sulfide) groups is 1. The minimum absolute atomic E-state index is 0.0132. The molecule has 2 atom stereocenters. The van der Waals surface area contributed by atoms with Crippen molar-refractivity contribution in [3.8, 4) is 11.5 Å². The number of nitrogens with zero attached hydrogens (tertiary/aromatic N) is 1. The van der Waals surface area contributed by atoms with Gasteiger partial charge in [-0.3, -0.25) is 4.79 Å². The summed E-state index contributed by atoms with van der Waals surface area (Å²) < 4.78 is 22.2. The third-order valence-corrected chi connectivity index (χ3v) is 6.54. The monoisotopic (exact) mass is 427 g/mol. The first-order chi connectivity index (χ1) is 14.7. The second-order valence-electron chi connectivity index (χ2n) is 7.12. The highest BCUT2D eigenvalue weighted by molar-refractivity contribution is 8.00.